The van der Waals surface area contributed by atoms with Crippen molar-refractivity contribution in [3.8, 4) is 6.07 Å². The zero-order valence-electron chi connectivity index (χ0n) is 8.42. The van der Waals surface area contributed by atoms with Crippen LogP contribution in [0.4, 0.5) is 0 Å². The molecule has 1 aromatic rings. The first-order valence-corrected chi connectivity index (χ1v) is 6.02. The van der Waals surface area contributed by atoms with Crippen LogP contribution in [0.2, 0.25) is 0 Å². The summed E-state index contributed by atoms with van der Waals surface area (Å²) in [7, 11) is 0. The van der Waals surface area contributed by atoms with Crippen molar-refractivity contribution in [1.82, 2.24) is 4.98 Å². The Labute approximate surface area is 88.6 Å². The molecule has 0 aromatic carbocycles. The van der Waals surface area contributed by atoms with E-state index in [4.69, 9.17) is 5.26 Å². The van der Waals surface area contributed by atoms with E-state index < -0.39 is 0 Å². The molecule has 0 bridgehead atoms. The fourth-order valence-electron chi connectivity index (χ4n) is 1.55. The Morgan fingerprint density at radius 1 is 1.57 bits per heavy atom. The molecule has 1 aromatic heterocycles. The maximum absolute atomic E-state index is 8.70. The molecule has 0 atom stereocenters. The fraction of sp³-hybridized carbons (Fsp3) is 0.636. The maximum Gasteiger partial charge on any atom is 0.0962 e. The lowest BCUT2D eigenvalue weighted by Gasteiger charge is -1.93. The molecule has 0 N–H and O–H groups in total. The second-order valence-corrected chi connectivity index (χ2v) is 4.90. The van der Waals surface area contributed by atoms with Crippen molar-refractivity contribution >= 4 is 11.3 Å². The quantitative estimate of drug-likeness (QED) is 0.759. The predicted molar refractivity (Wildman–Crippen MR) is 57.4 cm³/mol. The van der Waals surface area contributed by atoms with E-state index in [0.29, 0.717) is 6.42 Å². The Morgan fingerprint density at radius 2 is 2.36 bits per heavy atom. The van der Waals surface area contributed by atoms with Crippen LogP contribution in [0.1, 0.15) is 47.7 Å². The summed E-state index contributed by atoms with van der Waals surface area (Å²) >= 11 is 1.76. The van der Waals surface area contributed by atoms with Gasteiger partial charge in [0.2, 0.25) is 0 Å². The highest BCUT2D eigenvalue weighted by molar-refractivity contribution is 7.11. The van der Waals surface area contributed by atoms with Crippen molar-refractivity contribution in [3.05, 3.63) is 15.6 Å². The summed E-state index contributed by atoms with van der Waals surface area (Å²) in [4.78, 5) is 5.85. The smallest absolute Gasteiger partial charge is 0.0962 e. The van der Waals surface area contributed by atoms with Gasteiger partial charge >= 0.3 is 0 Å². The molecule has 1 fully saturated rings. The van der Waals surface area contributed by atoms with E-state index in [1.54, 1.807) is 11.3 Å². The van der Waals surface area contributed by atoms with Crippen LogP contribution in [0.25, 0.3) is 0 Å². The molecule has 0 aliphatic heterocycles. The summed E-state index contributed by atoms with van der Waals surface area (Å²) in [5.41, 5.74) is 1.18. The molecule has 0 spiro atoms. The van der Waals surface area contributed by atoms with Gasteiger partial charge in [0, 0.05) is 10.8 Å². The van der Waals surface area contributed by atoms with Gasteiger partial charge in [-0.1, -0.05) is 13.3 Å². The molecule has 1 saturated carbocycles. The lowest BCUT2D eigenvalue weighted by molar-refractivity contribution is 0.868. The van der Waals surface area contributed by atoms with Crippen molar-refractivity contribution in [2.75, 3.05) is 0 Å². The number of thiazole rings is 1. The highest BCUT2D eigenvalue weighted by Crippen LogP contribution is 2.42. The molecule has 1 aliphatic rings. The lowest BCUT2D eigenvalue weighted by Crippen LogP contribution is -1.89. The summed E-state index contributed by atoms with van der Waals surface area (Å²) in [5, 5.41) is 9.98. The van der Waals surface area contributed by atoms with Gasteiger partial charge < -0.3 is 0 Å². The van der Waals surface area contributed by atoms with Gasteiger partial charge in [0.05, 0.1) is 23.2 Å². The zero-order valence-corrected chi connectivity index (χ0v) is 9.23. The minimum absolute atomic E-state index is 0.541. The molecule has 1 aliphatic carbocycles. The Morgan fingerprint density at radius 3 is 2.93 bits per heavy atom. The van der Waals surface area contributed by atoms with Gasteiger partial charge in [0.25, 0.3) is 0 Å². The van der Waals surface area contributed by atoms with E-state index in [9.17, 15) is 0 Å². The molecule has 2 rings (SSSR count). The van der Waals surface area contributed by atoms with Gasteiger partial charge in [-0.2, -0.15) is 5.26 Å². The summed E-state index contributed by atoms with van der Waals surface area (Å²) in [5.74, 6) is 0.725. The zero-order chi connectivity index (χ0) is 9.97. The van der Waals surface area contributed by atoms with Crippen LogP contribution >= 0.6 is 11.3 Å². The van der Waals surface area contributed by atoms with E-state index in [1.165, 1.54) is 28.4 Å². The average molecular weight is 206 g/mol. The number of nitriles is 1. The van der Waals surface area contributed by atoms with Crippen molar-refractivity contribution in [3.63, 3.8) is 0 Å². The number of hydrogen-bond donors (Lipinski definition) is 0. The van der Waals surface area contributed by atoms with E-state index in [1.807, 2.05) is 0 Å². The van der Waals surface area contributed by atoms with Gasteiger partial charge in [-0.25, -0.2) is 4.98 Å². The van der Waals surface area contributed by atoms with Crippen molar-refractivity contribution in [2.45, 2.75) is 44.9 Å². The molecule has 0 amide bonds. The van der Waals surface area contributed by atoms with Crippen LogP contribution in [-0.2, 0) is 12.8 Å². The second-order valence-electron chi connectivity index (χ2n) is 3.78. The second kappa shape index (κ2) is 4.10. The van der Waals surface area contributed by atoms with Crippen LogP contribution in [0.15, 0.2) is 0 Å². The van der Waals surface area contributed by atoms with Crippen molar-refractivity contribution in [1.29, 1.82) is 5.26 Å². The predicted octanol–water partition coefficient (Wildman–Crippen LogP) is 3.04. The highest BCUT2D eigenvalue weighted by atomic mass is 32.1. The molecule has 0 radical (unpaired) electrons. The van der Waals surface area contributed by atoms with Crippen molar-refractivity contribution < 1.29 is 0 Å². The largest absolute Gasteiger partial charge is 0.246 e. The van der Waals surface area contributed by atoms with Crippen LogP contribution in [-0.4, -0.2) is 4.98 Å². The first kappa shape index (κ1) is 9.67. The van der Waals surface area contributed by atoms with Gasteiger partial charge in [-0.15, -0.1) is 11.3 Å². The van der Waals surface area contributed by atoms with E-state index in [2.05, 4.69) is 18.0 Å². The van der Waals surface area contributed by atoms with E-state index >= 15 is 0 Å². The summed E-state index contributed by atoms with van der Waals surface area (Å²) in [6.45, 7) is 2.16. The van der Waals surface area contributed by atoms with Gasteiger partial charge in [-0.05, 0) is 19.3 Å². The molecule has 3 heteroatoms. The van der Waals surface area contributed by atoms with Gasteiger partial charge in [0.15, 0.2) is 0 Å². The monoisotopic (exact) mass is 206 g/mol. The first-order chi connectivity index (χ1) is 6.85. The number of hydrogen-bond acceptors (Lipinski definition) is 3. The number of rotatable bonds is 4. The van der Waals surface area contributed by atoms with Crippen LogP contribution in [0.5, 0.6) is 0 Å². The molecule has 2 nitrogen and oxygen atoms in total. The molecule has 0 unspecified atom stereocenters. The topological polar surface area (TPSA) is 36.7 Å². The van der Waals surface area contributed by atoms with Crippen molar-refractivity contribution in [2.24, 2.45) is 0 Å². The summed E-state index contributed by atoms with van der Waals surface area (Å²) in [6.07, 6.45) is 5.28. The van der Waals surface area contributed by atoms with E-state index in [0.717, 1.165) is 18.8 Å². The average Bonchev–Trinajstić information content (AvgIpc) is 2.94. The highest BCUT2D eigenvalue weighted by Gasteiger charge is 2.27. The third-order valence-electron chi connectivity index (χ3n) is 2.45. The first-order valence-electron chi connectivity index (χ1n) is 5.20. The maximum atomic E-state index is 8.70. The Hall–Kier alpha value is -0.880. The normalized spacial score (nSPS) is 15.4. The standard InChI is InChI=1S/C11H14N2S/c1-2-3-9-10(6-7-12)14-11(13-9)8-4-5-8/h8H,2-6H2,1H3. The van der Waals surface area contributed by atoms with Gasteiger partial charge in [0.1, 0.15) is 0 Å². The lowest BCUT2D eigenvalue weighted by atomic mass is 10.2. The molecule has 74 valence electrons. The minimum atomic E-state index is 0.541. The summed E-state index contributed by atoms with van der Waals surface area (Å²) < 4.78 is 0. The Kier molecular flexibility index (Phi) is 2.83. The molecule has 1 heterocycles. The third-order valence-corrected chi connectivity index (χ3v) is 3.71. The van der Waals surface area contributed by atoms with Gasteiger partial charge in [-0.3, -0.25) is 0 Å². The summed E-state index contributed by atoms with van der Waals surface area (Å²) in [6, 6.07) is 2.23. The number of aryl methyl sites for hydroxylation is 1. The molecule has 0 saturated heterocycles. The number of nitrogens with zero attached hydrogens (tertiary/aromatic N) is 2. The SMILES string of the molecule is CCCc1nc(C2CC2)sc1CC#N. The van der Waals surface area contributed by atoms with Crippen LogP contribution in [0.3, 0.4) is 0 Å². The van der Waals surface area contributed by atoms with Crippen LogP contribution in [0, 0.1) is 11.3 Å². The minimum Gasteiger partial charge on any atom is -0.246 e. The third kappa shape index (κ3) is 1.96. The molecular formula is C11H14N2S. The Balaban J connectivity index is 2.21. The molecular weight excluding hydrogens is 192 g/mol. The molecule has 14 heavy (non-hydrogen) atoms. The van der Waals surface area contributed by atoms with E-state index in [-0.39, 0.29) is 0 Å². The fourth-order valence-corrected chi connectivity index (χ4v) is 2.76. The Bertz CT molecular complexity index is 358. The number of aromatic nitrogens is 1. The van der Waals surface area contributed by atoms with Crippen LogP contribution < -0.4 is 0 Å².